The van der Waals surface area contributed by atoms with E-state index >= 15 is 0 Å². The third-order valence-corrected chi connectivity index (χ3v) is 3.99. The van der Waals surface area contributed by atoms with Gasteiger partial charge in [-0.1, -0.05) is 13.8 Å². The van der Waals surface area contributed by atoms with Crippen molar-refractivity contribution in [3.63, 3.8) is 0 Å². The summed E-state index contributed by atoms with van der Waals surface area (Å²) in [6.45, 7) is 4.41. The summed E-state index contributed by atoms with van der Waals surface area (Å²) in [5.74, 6) is 1.37. The zero-order valence-electron chi connectivity index (χ0n) is 6.84. The Balaban J connectivity index is 2.29. The van der Waals surface area contributed by atoms with Crippen molar-refractivity contribution < 1.29 is 0 Å². The lowest BCUT2D eigenvalue weighted by atomic mass is 9.87. The van der Waals surface area contributed by atoms with Crippen LogP contribution in [-0.2, 0) is 0 Å². The topological polar surface area (TPSA) is 38.4 Å². The van der Waals surface area contributed by atoms with Crippen LogP contribution in [-0.4, -0.2) is 17.3 Å². The molecule has 0 radical (unpaired) electrons. The van der Waals surface area contributed by atoms with E-state index in [1.54, 1.807) is 0 Å². The minimum atomic E-state index is 0.221. The summed E-state index contributed by atoms with van der Waals surface area (Å²) in [7, 11) is 0. The van der Waals surface area contributed by atoms with Crippen molar-refractivity contribution in [3.05, 3.63) is 0 Å². The van der Waals surface area contributed by atoms with Crippen LogP contribution < -0.4 is 5.73 Å². The summed E-state index contributed by atoms with van der Waals surface area (Å²) in [4.78, 5) is 4.32. The first-order chi connectivity index (χ1) is 5.06. The number of hydrogen-bond acceptors (Lipinski definition) is 2. The van der Waals surface area contributed by atoms with Crippen LogP contribution in [0.2, 0.25) is 0 Å². The van der Waals surface area contributed by atoms with Crippen LogP contribution in [0, 0.1) is 11.3 Å². The fraction of sp³-hybridized carbons (Fsp3) is 0.875. The predicted octanol–water partition coefficient (Wildman–Crippen LogP) is 1.38. The number of nitrogens with zero attached hydrogens (tertiary/aromatic N) is 1. The lowest BCUT2D eigenvalue weighted by Crippen LogP contribution is -2.27. The Hall–Kier alpha value is -0.240. The molecule has 0 aromatic heterocycles. The van der Waals surface area contributed by atoms with Gasteiger partial charge in [0.2, 0.25) is 0 Å². The molecule has 1 heterocycles. The summed E-state index contributed by atoms with van der Waals surface area (Å²) in [5, 5.41) is 0.221. The van der Waals surface area contributed by atoms with Crippen molar-refractivity contribution in [2.45, 2.75) is 31.7 Å². The Morgan fingerprint density at radius 2 is 2.36 bits per heavy atom. The molecule has 1 saturated carbocycles. The fourth-order valence-electron chi connectivity index (χ4n) is 1.99. The molecule has 2 nitrogen and oxygen atoms in total. The Bertz CT molecular complexity index is 226. The molecular weight excluding hydrogens is 160 g/mol. The van der Waals surface area contributed by atoms with Gasteiger partial charge in [-0.25, -0.2) is 0 Å². The summed E-state index contributed by atoms with van der Waals surface area (Å²) in [6.07, 6.45) is 0.913. The van der Waals surface area contributed by atoms with E-state index in [1.165, 1.54) is 0 Å². The first-order valence-corrected chi connectivity index (χ1v) is 4.46. The van der Waals surface area contributed by atoms with Crippen LogP contribution in [0.3, 0.4) is 0 Å². The molecule has 0 spiro atoms. The molecule has 0 aromatic carbocycles. The highest BCUT2D eigenvalue weighted by atomic mass is 35.5. The molecule has 2 aliphatic rings. The minimum absolute atomic E-state index is 0.221. The molecular formula is C8H13ClN2. The Kier molecular flexibility index (Phi) is 1.29. The van der Waals surface area contributed by atoms with Gasteiger partial charge in [0.05, 0.1) is 17.3 Å². The number of halogens is 1. The highest BCUT2D eigenvalue weighted by Gasteiger charge is 2.65. The van der Waals surface area contributed by atoms with E-state index in [-0.39, 0.29) is 10.8 Å². The molecule has 0 saturated heterocycles. The van der Waals surface area contributed by atoms with E-state index in [2.05, 4.69) is 18.8 Å². The third-order valence-electron chi connectivity index (χ3n) is 3.28. The van der Waals surface area contributed by atoms with Crippen LogP contribution in [0.15, 0.2) is 4.99 Å². The second-order valence-corrected chi connectivity index (χ2v) is 4.41. The van der Waals surface area contributed by atoms with E-state index < -0.39 is 0 Å². The van der Waals surface area contributed by atoms with Gasteiger partial charge in [0.15, 0.2) is 0 Å². The Morgan fingerprint density at radius 1 is 1.73 bits per heavy atom. The molecule has 4 atom stereocenters. The van der Waals surface area contributed by atoms with Crippen molar-refractivity contribution >= 4 is 17.4 Å². The lowest BCUT2D eigenvalue weighted by Gasteiger charge is -2.22. The van der Waals surface area contributed by atoms with Gasteiger partial charge in [-0.2, -0.15) is 0 Å². The number of fused-ring (bicyclic) bond motifs is 1. The maximum atomic E-state index is 6.10. The molecule has 0 amide bonds. The van der Waals surface area contributed by atoms with Crippen molar-refractivity contribution in [3.8, 4) is 0 Å². The molecule has 11 heavy (non-hydrogen) atoms. The predicted molar refractivity (Wildman–Crippen MR) is 46.9 cm³/mol. The second kappa shape index (κ2) is 1.92. The van der Waals surface area contributed by atoms with Crippen molar-refractivity contribution in [2.75, 3.05) is 0 Å². The highest BCUT2D eigenvalue weighted by molar-refractivity contribution is 6.24. The molecule has 2 N–H and O–H groups in total. The lowest BCUT2D eigenvalue weighted by molar-refractivity contribution is 0.352. The number of hydrogen-bond donors (Lipinski definition) is 1. The fourth-order valence-corrected chi connectivity index (χ4v) is 2.59. The standard InChI is InChI=1S/C8H13ClN2/c1-4-3-5(10)11-7-6(9)8(4,7)2/h4,6-7H,3H2,1-2H3,(H2,10,11)/t4-,6-,7+,8?/m0/s1. The van der Waals surface area contributed by atoms with Crippen LogP contribution in [0.5, 0.6) is 0 Å². The number of rotatable bonds is 0. The first-order valence-electron chi connectivity index (χ1n) is 4.03. The maximum absolute atomic E-state index is 6.10. The number of nitrogens with two attached hydrogens (primary N) is 1. The average molecular weight is 173 g/mol. The van der Waals surface area contributed by atoms with E-state index in [4.69, 9.17) is 17.3 Å². The summed E-state index contributed by atoms with van der Waals surface area (Å²) >= 11 is 6.10. The average Bonchev–Trinajstić information content (AvgIpc) is 2.42. The van der Waals surface area contributed by atoms with Gasteiger partial charge in [0.1, 0.15) is 0 Å². The molecule has 1 aliphatic heterocycles. The van der Waals surface area contributed by atoms with E-state index in [9.17, 15) is 0 Å². The van der Waals surface area contributed by atoms with Gasteiger partial charge in [0.25, 0.3) is 0 Å². The van der Waals surface area contributed by atoms with Crippen LogP contribution >= 0.6 is 11.6 Å². The molecule has 2 rings (SSSR count). The van der Waals surface area contributed by atoms with Gasteiger partial charge in [-0.15, -0.1) is 11.6 Å². The zero-order valence-corrected chi connectivity index (χ0v) is 7.60. The van der Waals surface area contributed by atoms with Crippen LogP contribution in [0.1, 0.15) is 20.3 Å². The van der Waals surface area contributed by atoms with E-state index in [0.717, 1.165) is 12.3 Å². The summed E-state index contributed by atoms with van der Waals surface area (Å²) < 4.78 is 0. The van der Waals surface area contributed by atoms with Crippen molar-refractivity contribution in [1.29, 1.82) is 0 Å². The van der Waals surface area contributed by atoms with E-state index in [0.29, 0.717) is 12.0 Å². The number of amidine groups is 1. The first kappa shape index (κ1) is 7.41. The molecule has 1 aliphatic carbocycles. The normalized spacial score (nSPS) is 54.8. The Labute approximate surface area is 71.8 Å². The smallest absolute Gasteiger partial charge is 0.0944 e. The van der Waals surface area contributed by atoms with Gasteiger partial charge >= 0.3 is 0 Å². The SMILES string of the molecule is C[C@H]1CC(N)=N[C@@H]2[C@H](Cl)C21C. The van der Waals surface area contributed by atoms with Crippen LogP contribution in [0.4, 0.5) is 0 Å². The molecule has 1 fully saturated rings. The minimum Gasteiger partial charge on any atom is -0.387 e. The van der Waals surface area contributed by atoms with Gasteiger partial charge in [-0.05, 0) is 5.92 Å². The molecule has 0 aromatic rings. The third kappa shape index (κ3) is 0.763. The van der Waals surface area contributed by atoms with Crippen molar-refractivity contribution in [1.82, 2.24) is 0 Å². The number of aliphatic imine (C=N–C) groups is 1. The van der Waals surface area contributed by atoms with Gasteiger partial charge in [-0.3, -0.25) is 4.99 Å². The summed E-state index contributed by atoms with van der Waals surface area (Å²) in [6, 6.07) is 0.299. The maximum Gasteiger partial charge on any atom is 0.0944 e. The van der Waals surface area contributed by atoms with E-state index in [1.807, 2.05) is 0 Å². The number of alkyl halides is 1. The summed E-state index contributed by atoms with van der Waals surface area (Å²) in [5.41, 5.74) is 5.90. The highest BCUT2D eigenvalue weighted by Crippen LogP contribution is 2.60. The van der Waals surface area contributed by atoms with Gasteiger partial charge in [0, 0.05) is 11.8 Å². The monoisotopic (exact) mass is 172 g/mol. The van der Waals surface area contributed by atoms with Crippen LogP contribution in [0.25, 0.3) is 0 Å². The van der Waals surface area contributed by atoms with Crippen molar-refractivity contribution in [2.24, 2.45) is 22.1 Å². The van der Waals surface area contributed by atoms with Gasteiger partial charge < -0.3 is 5.73 Å². The molecule has 62 valence electrons. The zero-order chi connectivity index (χ0) is 8.22. The second-order valence-electron chi connectivity index (χ2n) is 3.94. The molecule has 3 heteroatoms. The Morgan fingerprint density at radius 3 is 2.91 bits per heavy atom. The quantitative estimate of drug-likeness (QED) is 0.551. The largest absolute Gasteiger partial charge is 0.387 e. The molecule has 1 unspecified atom stereocenters. The molecule has 0 bridgehead atoms.